The van der Waals surface area contributed by atoms with Gasteiger partial charge in [0.25, 0.3) is 17.6 Å². The molecule has 11 heteroatoms. The van der Waals surface area contributed by atoms with Gasteiger partial charge in [-0.2, -0.15) is 0 Å². The summed E-state index contributed by atoms with van der Waals surface area (Å²) in [5.74, 6) is -0.585. The molecular formula is C31H39ClN4O5S. The molecule has 3 unspecified atom stereocenters. The Hall–Kier alpha value is -2.56. The van der Waals surface area contributed by atoms with E-state index in [9.17, 15) is 14.4 Å². The van der Waals surface area contributed by atoms with Gasteiger partial charge in [-0.15, -0.1) is 11.8 Å². The number of ether oxygens (including phenoxy) is 2. The third-order valence-corrected chi connectivity index (χ3v) is 11.0. The number of hydrogen-bond acceptors (Lipinski definition) is 7. The first-order valence-corrected chi connectivity index (χ1v) is 16.5. The van der Waals surface area contributed by atoms with E-state index in [1.165, 1.54) is 11.8 Å². The molecule has 2 saturated heterocycles. The number of rotatable bonds is 6. The van der Waals surface area contributed by atoms with Crippen LogP contribution in [-0.2, 0) is 9.59 Å². The van der Waals surface area contributed by atoms with Gasteiger partial charge in [0, 0.05) is 72.1 Å². The molecule has 4 heterocycles. The number of nitrogens with zero attached hydrogens (tertiary/aromatic N) is 2. The summed E-state index contributed by atoms with van der Waals surface area (Å²) in [4.78, 5) is 45.2. The Kier molecular flexibility index (Phi) is 7.85. The zero-order valence-corrected chi connectivity index (χ0v) is 26.3. The minimum absolute atomic E-state index is 0.115. The minimum atomic E-state index is -0.868. The van der Waals surface area contributed by atoms with Gasteiger partial charge in [0.1, 0.15) is 0 Å². The number of carbonyl (C=O) groups is 3. The van der Waals surface area contributed by atoms with Gasteiger partial charge in [-0.1, -0.05) is 11.6 Å². The Morgan fingerprint density at radius 2 is 1.95 bits per heavy atom. The van der Waals surface area contributed by atoms with Crippen LogP contribution < -0.4 is 20.1 Å². The van der Waals surface area contributed by atoms with E-state index in [0.717, 1.165) is 56.6 Å². The van der Waals surface area contributed by atoms with E-state index >= 15 is 0 Å². The lowest BCUT2D eigenvalue weighted by Gasteiger charge is -2.40. The highest BCUT2D eigenvalue weighted by molar-refractivity contribution is 8.02. The lowest BCUT2D eigenvalue weighted by molar-refractivity contribution is -0.124. The highest BCUT2D eigenvalue weighted by atomic mass is 35.5. The van der Waals surface area contributed by atoms with Crippen molar-refractivity contribution in [3.63, 3.8) is 0 Å². The van der Waals surface area contributed by atoms with Crippen molar-refractivity contribution in [3.05, 3.63) is 33.2 Å². The number of thioether (sulfide) groups is 1. The maximum absolute atomic E-state index is 13.3. The molecular weight excluding hydrogens is 576 g/mol. The zero-order valence-electron chi connectivity index (χ0n) is 24.7. The maximum atomic E-state index is 13.3. The minimum Gasteiger partial charge on any atom is -0.448 e. The van der Waals surface area contributed by atoms with E-state index in [0.29, 0.717) is 45.8 Å². The number of carbonyl (C=O) groups excluding carboxylic acids is 3. The van der Waals surface area contributed by atoms with Crippen LogP contribution in [0, 0.1) is 24.2 Å². The van der Waals surface area contributed by atoms with Crippen molar-refractivity contribution in [1.82, 2.24) is 15.5 Å². The van der Waals surface area contributed by atoms with E-state index in [1.807, 2.05) is 26.2 Å². The van der Waals surface area contributed by atoms with Gasteiger partial charge < -0.3 is 20.1 Å². The van der Waals surface area contributed by atoms with Crippen LogP contribution in [0.2, 0.25) is 5.02 Å². The van der Waals surface area contributed by atoms with Gasteiger partial charge in [0.2, 0.25) is 5.91 Å². The highest BCUT2D eigenvalue weighted by Gasteiger charge is 2.50. The summed E-state index contributed by atoms with van der Waals surface area (Å²) in [7, 11) is 0. The second-order valence-corrected chi connectivity index (χ2v) is 14.0. The number of fused-ring (bicyclic) bond motifs is 1. The van der Waals surface area contributed by atoms with Gasteiger partial charge in [-0.3, -0.25) is 19.3 Å². The van der Waals surface area contributed by atoms with Crippen molar-refractivity contribution in [1.29, 1.82) is 0 Å². The maximum Gasteiger partial charge on any atom is 0.255 e. The molecule has 1 aliphatic carbocycles. The van der Waals surface area contributed by atoms with Crippen LogP contribution in [0.3, 0.4) is 0 Å². The summed E-state index contributed by atoms with van der Waals surface area (Å²) in [5.41, 5.74) is 1.85. The van der Waals surface area contributed by atoms with Gasteiger partial charge >= 0.3 is 0 Å². The van der Waals surface area contributed by atoms with Crippen molar-refractivity contribution in [2.75, 3.05) is 32.4 Å². The number of likely N-dealkylation sites (tertiary alicyclic amines) is 1. The number of halogens is 1. The zero-order chi connectivity index (χ0) is 29.8. The Morgan fingerprint density at radius 3 is 2.64 bits per heavy atom. The summed E-state index contributed by atoms with van der Waals surface area (Å²) in [6, 6.07) is 2.13. The molecule has 9 nitrogen and oxygen atoms in total. The van der Waals surface area contributed by atoms with Gasteiger partial charge in [0.15, 0.2) is 11.5 Å². The Bertz CT molecular complexity index is 1390. The predicted octanol–water partition coefficient (Wildman–Crippen LogP) is 4.50. The normalized spacial score (nSPS) is 32.6. The standard InChI is InChI=1S/C31H39ClN4O5S/c1-17-11-24(42-4)22(29(39)35-17)14-33-28(38)21-12-23(32)27-26(18(21)2)40-30(3,41-27)19-5-7-20(8-6-19)36-10-9-31(16-36)13-25(37)34-15-31/h11-12,19-20,22H,5-10,13-16H2,1-4H3,(H,33,38)(H,34,37). The Labute approximate surface area is 256 Å². The largest absolute Gasteiger partial charge is 0.448 e. The number of benzene rings is 1. The SMILES string of the molecule is CSC1=CC(C)=NC(=O)C1CNC(=O)c1cc(Cl)c2c(c1C)OC(C)(C1CCC(N3CCC4(CNC(=O)C4)C3)CC1)O2. The van der Waals surface area contributed by atoms with Crippen LogP contribution in [0.15, 0.2) is 22.0 Å². The fourth-order valence-corrected chi connectivity index (χ4v) is 8.42. The van der Waals surface area contributed by atoms with Crippen molar-refractivity contribution < 1.29 is 23.9 Å². The molecule has 5 aliphatic rings. The molecule has 1 saturated carbocycles. The molecule has 3 fully saturated rings. The molecule has 6 rings (SSSR count). The third-order valence-electron chi connectivity index (χ3n) is 9.89. The van der Waals surface area contributed by atoms with Crippen molar-refractivity contribution >= 4 is 46.8 Å². The lowest BCUT2D eigenvalue weighted by Crippen LogP contribution is -2.47. The molecule has 0 radical (unpaired) electrons. The van der Waals surface area contributed by atoms with Crippen molar-refractivity contribution in [2.24, 2.45) is 22.2 Å². The monoisotopic (exact) mass is 614 g/mol. The summed E-state index contributed by atoms with van der Waals surface area (Å²) in [5, 5.41) is 6.27. The van der Waals surface area contributed by atoms with Crippen LogP contribution in [0.25, 0.3) is 0 Å². The molecule has 1 spiro atoms. The molecule has 3 amide bonds. The molecule has 42 heavy (non-hydrogen) atoms. The first kappa shape index (κ1) is 29.5. The summed E-state index contributed by atoms with van der Waals surface area (Å²) < 4.78 is 12.9. The summed E-state index contributed by atoms with van der Waals surface area (Å²) >= 11 is 8.15. The van der Waals surface area contributed by atoms with Gasteiger partial charge in [-0.25, -0.2) is 4.99 Å². The van der Waals surface area contributed by atoms with Crippen molar-refractivity contribution in [3.8, 4) is 11.5 Å². The number of amides is 3. The lowest BCUT2D eigenvalue weighted by atomic mass is 9.80. The van der Waals surface area contributed by atoms with Gasteiger partial charge in [-0.05, 0) is 70.9 Å². The molecule has 0 bridgehead atoms. The molecule has 226 valence electrons. The average Bonchev–Trinajstić information content (AvgIpc) is 3.67. The fourth-order valence-electron chi connectivity index (χ4n) is 7.43. The molecule has 4 aliphatic heterocycles. The van der Waals surface area contributed by atoms with Crippen molar-refractivity contribution in [2.45, 2.75) is 71.1 Å². The smallest absolute Gasteiger partial charge is 0.255 e. The quantitative estimate of drug-likeness (QED) is 0.486. The summed E-state index contributed by atoms with van der Waals surface area (Å²) in [6.07, 6.45) is 9.56. The Morgan fingerprint density at radius 1 is 1.21 bits per heavy atom. The number of aliphatic imine (C=N–C) groups is 1. The predicted molar refractivity (Wildman–Crippen MR) is 163 cm³/mol. The second kappa shape index (κ2) is 11.2. The van der Waals surface area contributed by atoms with E-state index in [1.54, 1.807) is 13.0 Å². The highest BCUT2D eigenvalue weighted by Crippen LogP contribution is 2.52. The second-order valence-electron chi connectivity index (χ2n) is 12.7. The number of dihydropyridines is 1. The molecule has 2 N–H and O–H groups in total. The first-order chi connectivity index (χ1) is 20.0. The summed E-state index contributed by atoms with van der Waals surface area (Å²) in [6.45, 7) is 8.61. The average molecular weight is 615 g/mol. The first-order valence-electron chi connectivity index (χ1n) is 14.9. The number of allylic oxidation sites excluding steroid dienone is 1. The van der Waals surface area contributed by atoms with Gasteiger partial charge in [0.05, 0.1) is 10.9 Å². The Balaban J connectivity index is 1.09. The molecule has 1 aromatic rings. The van der Waals surface area contributed by atoms with E-state index in [4.69, 9.17) is 21.1 Å². The fraction of sp³-hybridized carbons (Fsp3) is 0.613. The van der Waals surface area contributed by atoms with E-state index < -0.39 is 11.7 Å². The van der Waals surface area contributed by atoms with Crippen LogP contribution >= 0.6 is 23.4 Å². The molecule has 0 aromatic heterocycles. The van der Waals surface area contributed by atoms with Crippen LogP contribution in [0.1, 0.15) is 68.3 Å². The van der Waals surface area contributed by atoms with Crippen LogP contribution in [-0.4, -0.2) is 72.6 Å². The van der Waals surface area contributed by atoms with Crippen LogP contribution in [0.5, 0.6) is 11.5 Å². The number of hydrogen-bond donors (Lipinski definition) is 2. The molecule has 1 aromatic carbocycles. The number of nitrogens with one attached hydrogen (secondary N) is 2. The third kappa shape index (κ3) is 5.35. The van der Waals surface area contributed by atoms with E-state index in [2.05, 4.69) is 20.5 Å². The topological polar surface area (TPSA) is 109 Å². The molecule has 3 atom stereocenters. The van der Waals surface area contributed by atoms with Crippen LogP contribution in [0.4, 0.5) is 0 Å². The van der Waals surface area contributed by atoms with E-state index in [-0.39, 0.29) is 35.6 Å².